The quantitative estimate of drug-likeness (QED) is 0.899. The average Bonchev–Trinajstić information content (AvgIpc) is 2.60. The van der Waals surface area contributed by atoms with E-state index in [4.69, 9.17) is 5.73 Å². The molecule has 0 radical (unpaired) electrons. The summed E-state index contributed by atoms with van der Waals surface area (Å²) < 4.78 is 2.86. The third-order valence-corrected chi connectivity index (χ3v) is 3.59. The highest BCUT2D eigenvalue weighted by atomic mass is 79.9. The Kier molecular flexibility index (Phi) is 3.85. The van der Waals surface area contributed by atoms with Crippen molar-refractivity contribution in [2.75, 3.05) is 11.1 Å². The van der Waals surface area contributed by atoms with Crippen LogP contribution in [0.5, 0.6) is 0 Å². The second kappa shape index (κ2) is 5.25. The lowest BCUT2D eigenvalue weighted by atomic mass is 10.1. The van der Waals surface area contributed by atoms with Crippen LogP contribution < -0.4 is 11.1 Å². The van der Waals surface area contributed by atoms with Crippen molar-refractivity contribution in [1.82, 2.24) is 9.78 Å². The number of aryl methyl sites for hydroxylation is 2. The molecule has 0 bridgehead atoms. The highest BCUT2D eigenvalue weighted by molar-refractivity contribution is 9.10. The number of rotatable bonds is 3. The van der Waals surface area contributed by atoms with Crippen molar-refractivity contribution >= 4 is 33.1 Å². The van der Waals surface area contributed by atoms with Crippen molar-refractivity contribution in [3.63, 3.8) is 0 Å². The zero-order valence-corrected chi connectivity index (χ0v) is 13.2. The Balaban J connectivity index is 2.38. The summed E-state index contributed by atoms with van der Waals surface area (Å²) in [6.07, 6.45) is 0. The second-order valence-electron chi connectivity index (χ2n) is 5.01. The number of hydrogen-bond acceptors (Lipinski definition) is 3. The summed E-state index contributed by atoms with van der Waals surface area (Å²) in [5, 5.41) is 7.84. The summed E-state index contributed by atoms with van der Waals surface area (Å²) in [6.45, 7) is 6.24. The van der Waals surface area contributed by atoms with Gasteiger partial charge in [-0.1, -0.05) is 29.8 Å². The van der Waals surface area contributed by atoms with E-state index in [2.05, 4.69) is 53.2 Å². The van der Waals surface area contributed by atoms with E-state index in [-0.39, 0.29) is 0 Å². The highest BCUT2D eigenvalue weighted by Crippen LogP contribution is 2.31. The number of nitrogen functional groups attached to an aromatic ring is 1. The Morgan fingerprint density at radius 1 is 1.37 bits per heavy atom. The minimum Gasteiger partial charge on any atom is -0.394 e. The molecule has 0 unspecified atom stereocenters. The molecule has 0 atom stereocenters. The Hall–Kier alpha value is -1.49. The lowest BCUT2D eigenvalue weighted by Crippen LogP contribution is -2.02. The Morgan fingerprint density at radius 2 is 2.05 bits per heavy atom. The van der Waals surface area contributed by atoms with Gasteiger partial charge in [0.1, 0.15) is 0 Å². The molecule has 2 aromatic rings. The van der Waals surface area contributed by atoms with Gasteiger partial charge in [0.05, 0.1) is 11.4 Å². The predicted molar refractivity (Wildman–Crippen MR) is 83.9 cm³/mol. The Labute approximate surface area is 122 Å². The van der Waals surface area contributed by atoms with Gasteiger partial charge in [-0.2, -0.15) is 5.10 Å². The van der Waals surface area contributed by atoms with E-state index in [1.807, 2.05) is 19.2 Å². The van der Waals surface area contributed by atoms with Gasteiger partial charge in [0.25, 0.3) is 0 Å². The van der Waals surface area contributed by atoms with Crippen molar-refractivity contribution in [3.05, 3.63) is 33.9 Å². The molecule has 1 aromatic carbocycles. The van der Waals surface area contributed by atoms with E-state index >= 15 is 0 Å². The molecular formula is C14H19BrN4. The number of hydrogen-bond donors (Lipinski definition) is 2. The van der Waals surface area contributed by atoms with Crippen LogP contribution in [-0.2, 0) is 7.05 Å². The number of nitrogens with one attached hydrogen (secondary N) is 1. The van der Waals surface area contributed by atoms with Crippen molar-refractivity contribution < 1.29 is 0 Å². The zero-order valence-electron chi connectivity index (χ0n) is 11.7. The maximum absolute atomic E-state index is 6.18. The summed E-state index contributed by atoms with van der Waals surface area (Å²) in [6, 6.07) is 6.10. The summed E-state index contributed by atoms with van der Waals surface area (Å²) in [5.74, 6) is 1.15. The van der Waals surface area contributed by atoms with E-state index in [9.17, 15) is 0 Å². The van der Waals surface area contributed by atoms with Crippen LogP contribution in [0.25, 0.3) is 0 Å². The maximum Gasteiger partial charge on any atom is 0.152 e. The molecule has 0 fully saturated rings. The largest absolute Gasteiger partial charge is 0.394 e. The first-order chi connectivity index (χ1) is 8.90. The van der Waals surface area contributed by atoms with Gasteiger partial charge in [-0.05, 0) is 36.6 Å². The first-order valence-electron chi connectivity index (χ1n) is 6.25. The van der Waals surface area contributed by atoms with E-state index in [0.717, 1.165) is 32.9 Å². The number of nitrogens with zero attached hydrogens (tertiary/aromatic N) is 2. The van der Waals surface area contributed by atoms with Gasteiger partial charge in [-0.3, -0.25) is 4.68 Å². The molecule has 0 aliphatic carbocycles. The van der Waals surface area contributed by atoms with E-state index in [1.54, 1.807) is 4.68 Å². The molecule has 0 aliphatic heterocycles. The molecule has 102 valence electrons. The topological polar surface area (TPSA) is 55.9 Å². The molecule has 0 spiro atoms. The zero-order chi connectivity index (χ0) is 14.2. The minimum atomic E-state index is 0.313. The van der Waals surface area contributed by atoms with Gasteiger partial charge in [-0.15, -0.1) is 0 Å². The third-order valence-electron chi connectivity index (χ3n) is 3.10. The fraction of sp³-hybridized carbons (Fsp3) is 0.357. The summed E-state index contributed by atoms with van der Waals surface area (Å²) in [4.78, 5) is 0. The SMILES string of the molecule is Cc1cc(Br)ccc1Nc1c(N)c(C(C)C)nn1C. The van der Waals surface area contributed by atoms with Crippen LogP contribution in [-0.4, -0.2) is 9.78 Å². The standard InChI is InChI=1S/C14H19BrN4/c1-8(2)13-12(16)14(19(4)18-13)17-11-6-5-10(15)7-9(11)3/h5-8,17H,16H2,1-4H3. The van der Waals surface area contributed by atoms with Crippen LogP contribution in [0, 0.1) is 6.92 Å². The van der Waals surface area contributed by atoms with Gasteiger partial charge in [0.2, 0.25) is 0 Å². The highest BCUT2D eigenvalue weighted by Gasteiger charge is 2.16. The molecule has 3 N–H and O–H groups in total. The third kappa shape index (κ3) is 2.76. The summed E-state index contributed by atoms with van der Waals surface area (Å²) in [5.41, 5.74) is 10.0. The smallest absolute Gasteiger partial charge is 0.152 e. The van der Waals surface area contributed by atoms with Crippen LogP contribution in [0.1, 0.15) is 31.0 Å². The van der Waals surface area contributed by atoms with Gasteiger partial charge >= 0.3 is 0 Å². The van der Waals surface area contributed by atoms with Gasteiger partial charge in [0.15, 0.2) is 5.82 Å². The predicted octanol–water partition coefficient (Wildman–Crippen LogP) is 3.94. The van der Waals surface area contributed by atoms with Gasteiger partial charge in [0, 0.05) is 17.2 Å². The van der Waals surface area contributed by atoms with Gasteiger partial charge in [-0.25, -0.2) is 0 Å². The Bertz CT molecular complexity index is 602. The Morgan fingerprint density at radius 3 is 2.58 bits per heavy atom. The molecule has 1 heterocycles. The van der Waals surface area contributed by atoms with Crippen molar-refractivity contribution in [3.8, 4) is 0 Å². The molecule has 5 heteroatoms. The molecule has 0 aliphatic rings. The lowest BCUT2D eigenvalue weighted by Gasteiger charge is -2.11. The summed E-state index contributed by atoms with van der Waals surface area (Å²) in [7, 11) is 1.90. The monoisotopic (exact) mass is 322 g/mol. The molecule has 0 saturated heterocycles. The van der Waals surface area contributed by atoms with Gasteiger partial charge < -0.3 is 11.1 Å². The van der Waals surface area contributed by atoms with Crippen LogP contribution in [0.15, 0.2) is 22.7 Å². The fourth-order valence-electron chi connectivity index (χ4n) is 2.03. The van der Waals surface area contributed by atoms with Crippen LogP contribution in [0.2, 0.25) is 0 Å². The molecule has 0 amide bonds. The molecule has 2 rings (SSSR count). The molecule has 0 saturated carbocycles. The van der Waals surface area contributed by atoms with Crippen LogP contribution in [0.4, 0.5) is 17.2 Å². The normalized spacial score (nSPS) is 11.1. The lowest BCUT2D eigenvalue weighted by molar-refractivity contribution is 0.718. The average molecular weight is 323 g/mol. The first kappa shape index (κ1) is 13.9. The van der Waals surface area contributed by atoms with E-state index in [1.165, 1.54) is 0 Å². The van der Waals surface area contributed by atoms with Crippen LogP contribution >= 0.6 is 15.9 Å². The fourth-order valence-corrected chi connectivity index (χ4v) is 2.51. The number of nitrogens with two attached hydrogens (primary N) is 1. The van der Waals surface area contributed by atoms with Crippen LogP contribution in [0.3, 0.4) is 0 Å². The van der Waals surface area contributed by atoms with Crippen molar-refractivity contribution in [2.24, 2.45) is 7.05 Å². The molecule has 19 heavy (non-hydrogen) atoms. The molecular weight excluding hydrogens is 304 g/mol. The first-order valence-corrected chi connectivity index (χ1v) is 7.05. The maximum atomic E-state index is 6.18. The second-order valence-corrected chi connectivity index (χ2v) is 5.93. The van der Waals surface area contributed by atoms with Crippen molar-refractivity contribution in [2.45, 2.75) is 26.7 Å². The van der Waals surface area contributed by atoms with E-state index < -0.39 is 0 Å². The van der Waals surface area contributed by atoms with E-state index in [0.29, 0.717) is 5.92 Å². The number of benzene rings is 1. The number of anilines is 3. The van der Waals surface area contributed by atoms with Crippen molar-refractivity contribution in [1.29, 1.82) is 0 Å². The molecule has 4 nitrogen and oxygen atoms in total. The minimum absolute atomic E-state index is 0.313. The summed E-state index contributed by atoms with van der Waals surface area (Å²) >= 11 is 3.46. The molecule has 1 aromatic heterocycles. The number of halogens is 1. The number of aromatic nitrogens is 2.